The van der Waals surface area contributed by atoms with Crippen LogP contribution in [-0.2, 0) is 34.2 Å². The zero-order valence-corrected chi connectivity index (χ0v) is 29.0. The summed E-state index contributed by atoms with van der Waals surface area (Å²) in [7, 11) is -1.68. The number of benzene rings is 4. The molecule has 0 saturated carbocycles. The third-order valence-electron chi connectivity index (χ3n) is 6.59. The van der Waals surface area contributed by atoms with Crippen molar-refractivity contribution in [1.29, 1.82) is 0 Å². The van der Waals surface area contributed by atoms with E-state index in [1.807, 2.05) is 0 Å². The maximum absolute atomic E-state index is 6.37. The van der Waals surface area contributed by atoms with Gasteiger partial charge in [-0.1, -0.05) is 112 Å². The van der Waals surface area contributed by atoms with Crippen molar-refractivity contribution >= 4 is 35.3 Å². The molecule has 0 aromatic heterocycles. The number of rotatable bonds is 5. The van der Waals surface area contributed by atoms with Gasteiger partial charge in [0.15, 0.2) is 15.1 Å². The van der Waals surface area contributed by atoms with Crippen molar-refractivity contribution in [2.45, 2.75) is 39.2 Å². The molecule has 0 saturated heterocycles. The van der Waals surface area contributed by atoms with Gasteiger partial charge in [-0.15, -0.1) is 0 Å². The van der Waals surface area contributed by atoms with E-state index >= 15 is 0 Å². The average molecular weight is 668 g/mol. The summed E-state index contributed by atoms with van der Waals surface area (Å²) in [5.74, 6) is 0.904. The smallest absolute Gasteiger partial charge is 1.00 e. The van der Waals surface area contributed by atoms with Crippen molar-refractivity contribution in [2.24, 2.45) is 0 Å². The van der Waals surface area contributed by atoms with Crippen LogP contribution in [0.3, 0.4) is 0 Å². The van der Waals surface area contributed by atoms with E-state index in [1.54, 1.807) is 23.3 Å². The molecule has 6 rings (SSSR count). The monoisotopic (exact) mass is 665 g/mol. The van der Waals surface area contributed by atoms with Gasteiger partial charge >= 0.3 is 41.9 Å². The van der Waals surface area contributed by atoms with Gasteiger partial charge in [0.05, 0.1) is 5.75 Å². The van der Waals surface area contributed by atoms with Gasteiger partial charge in [0.25, 0.3) is 0 Å². The third-order valence-corrected chi connectivity index (χ3v) is 7.57. The molecule has 0 atom stereocenters. The molecule has 0 bridgehead atoms. The molecule has 0 spiro atoms. The van der Waals surface area contributed by atoms with E-state index in [1.165, 1.54) is 54.9 Å². The van der Waals surface area contributed by atoms with Crippen LogP contribution < -0.4 is 29.6 Å². The van der Waals surface area contributed by atoms with Crippen molar-refractivity contribution < 1.29 is 57.3 Å². The van der Waals surface area contributed by atoms with Crippen LogP contribution in [0, 0.1) is 0 Å². The first-order valence-electron chi connectivity index (χ1n) is 12.8. The minimum Gasteiger partial charge on any atom is -1.00 e. The van der Waals surface area contributed by atoms with Crippen molar-refractivity contribution in [3.05, 3.63) is 96.1 Å². The molecule has 0 unspecified atom stereocenters. The first-order valence-corrected chi connectivity index (χ1v) is 22.4. The van der Waals surface area contributed by atoms with Crippen LogP contribution >= 0.6 is 0 Å². The predicted octanol–water partition coefficient (Wildman–Crippen LogP) is 2.93. The van der Waals surface area contributed by atoms with E-state index in [-0.39, 0.29) is 37.0 Å². The molecule has 0 heterocycles. The summed E-state index contributed by atoms with van der Waals surface area (Å²) < 4.78 is 12.4. The molecular formula is C32H33Cl2O2Si2Zr-. The molecule has 5 aromatic carbocycles. The Bertz CT molecular complexity index is 1570. The summed E-state index contributed by atoms with van der Waals surface area (Å²) in [6.07, 6.45) is 0.917. The van der Waals surface area contributed by atoms with E-state index < -0.39 is 8.32 Å². The van der Waals surface area contributed by atoms with Gasteiger partial charge in [0, 0.05) is 0 Å². The van der Waals surface area contributed by atoms with Crippen LogP contribution in [0.25, 0.3) is 43.8 Å². The summed E-state index contributed by atoms with van der Waals surface area (Å²) >= 11 is 1.74. The van der Waals surface area contributed by atoms with Crippen molar-refractivity contribution in [3.63, 3.8) is 0 Å². The topological polar surface area (TPSA) is 18.5 Å². The summed E-state index contributed by atoms with van der Waals surface area (Å²) in [6, 6.07) is 30.6. The number of fused-ring (bicyclic) bond motifs is 6. The van der Waals surface area contributed by atoms with Crippen LogP contribution in [0.4, 0.5) is 0 Å². The summed E-state index contributed by atoms with van der Waals surface area (Å²) in [5.41, 5.74) is 8.07. The number of hydrogen-bond donors (Lipinski definition) is 0. The molecule has 1 aliphatic carbocycles. The largest absolute Gasteiger partial charge is 1.00 e. The fourth-order valence-electron chi connectivity index (χ4n) is 5.14. The normalized spacial score (nSPS) is 11.6. The number of ether oxygens (including phenoxy) is 1. The van der Waals surface area contributed by atoms with E-state index in [4.69, 9.17) is 9.16 Å². The standard InChI is InChI=1S/C30H27O2Si.C2H6Si.2ClH.Zr/c1-33(2,3)32-19-31-28-17-16-24-21-11-5-4-10-20(21)18-27(24)30(28)29-25-14-8-6-12-22(25)23-13-7-9-15-26(23)29;1-3-2;;;/h4-17H,18-19H2,1-3H3;1-2H3;2*1H;/q-1;;;;+2/p-2. The molecule has 0 aliphatic heterocycles. The molecule has 0 radical (unpaired) electrons. The Labute approximate surface area is 260 Å². The molecule has 1 aliphatic rings. The Morgan fingerprint density at radius 2 is 1.31 bits per heavy atom. The maximum atomic E-state index is 6.37. The fraction of sp³-hybridized carbons (Fsp3) is 0.219. The third kappa shape index (κ3) is 6.84. The van der Waals surface area contributed by atoms with Gasteiger partial charge in [-0.3, -0.25) is 0 Å². The minimum absolute atomic E-state index is 0. The van der Waals surface area contributed by atoms with Crippen LogP contribution in [0.1, 0.15) is 11.1 Å². The Kier molecular flexibility index (Phi) is 11.0. The molecule has 5 aromatic rings. The van der Waals surface area contributed by atoms with Gasteiger partial charge in [-0.25, -0.2) is 0 Å². The Hall–Kier alpha value is -1.59. The van der Waals surface area contributed by atoms with Crippen LogP contribution in [0.15, 0.2) is 84.9 Å². The summed E-state index contributed by atoms with van der Waals surface area (Å²) in [6.45, 7) is 11.5. The van der Waals surface area contributed by atoms with Gasteiger partial charge in [0.1, 0.15) is 0 Å². The van der Waals surface area contributed by atoms with Gasteiger partial charge in [-0.2, -0.15) is 0 Å². The SMILES string of the molecule is C[Si](C)(C)OCOc1ccc2c(c1-[c-]1c3ccccc3c3ccccc31)Cc1ccccc1-2.C[Si](C)=[Zr+2].[Cl-].[Cl-]. The van der Waals surface area contributed by atoms with E-state index in [9.17, 15) is 0 Å². The second-order valence-electron chi connectivity index (χ2n) is 10.8. The fourth-order valence-corrected chi connectivity index (χ4v) is 5.55. The Morgan fingerprint density at radius 1 is 0.769 bits per heavy atom. The maximum Gasteiger partial charge on any atom is -1.00 e. The van der Waals surface area contributed by atoms with Crippen LogP contribution in [-0.4, -0.2) is 20.5 Å². The first kappa shape index (κ1) is 31.9. The molecule has 0 fully saturated rings. The van der Waals surface area contributed by atoms with Gasteiger partial charge < -0.3 is 34.0 Å². The number of halogens is 2. The molecule has 0 amide bonds. The zero-order chi connectivity index (χ0) is 26.2. The first-order chi connectivity index (χ1) is 17.7. The van der Waals surface area contributed by atoms with Crippen molar-refractivity contribution in [2.75, 3.05) is 6.79 Å². The Morgan fingerprint density at radius 3 is 1.90 bits per heavy atom. The van der Waals surface area contributed by atoms with Gasteiger partial charge in [-0.05, 0) is 54.4 Å². The average Bonchev–Trinajstić information content (AvgIpc) is 3.39. The van der Waals surface area contributed by atoms with Crippen molar-refractivity contribution in [3.8, 4) is 28.0 Å². The second kappa shape index (κ2) is 13.4. The van der Waals surface area contributed by atoms with Crippen LogP contribution in [0.2, 0.25) is 32.7 Å². The van der Waals surface area contributed by atoms with E-state index in [0.29, 0.717) is 0 Å². The Balaban J connectivity index is 0.000000658. The molecule has 200 valence electrons. The summed E-state index contributed by atoms with van der Waals surface area (Å²) in [5, 5.41) is 5.14. The quantitative estimate of drug-likeness (QED) is 0.160. The molecule has 7 heteroatoms. The predicted molar refractivity (Wildman–Crippen MR) is 158 cm³/mol. The molecular weight excluding hydrogens is 635 g/mol. The molecule has 39 heavy (non-hydrogen) atoms. The van der Waals surface area contributed by atoms with E-state index in [2.05, 4.69) is 118 Å². The van der Waals surface area contributed by atoms with E-state index in [0.717, 1.165) is 12.2 Å². The molecule has 0 N–H and O–H groups in total. The minimum atomic E-state index is -1.68. The van der Waals surface area contributed by atoms with Gasteiger partial charge in [0.2, 0.25) is 0 Å². The molecule has 2 nitrogen and oxygen atoms in total. The zero-order valence-electron chi connectivity index (χ0n) is 23.1. The van der Waals surface area contributed by atoms with Crippen LogP contribution in [0.5, 0.6) is 5.75 Å². The van der Waals surface area contributed by atoms with Crippen molar-refractivity contribution in [1.82, 2.24) is 0 Å². The summed E-state index contributed by atoms with van der Waals surface area (Å²) in [4.78, 5) is 0. The second-order valence-corrected chi connectivity index (χ2v) is 24.7. The number of hydrogen-bond acceptors (Lipinski definition) is 2.